The Bertz CT molecular complexity index is 1820. The fourth-order valence-electron chi connectivity index (χ4n) is 4.22. The van der Waals surface area contributed by atoms with Gasteiger partial charge in [-0.05, 0) is 52.1 Å². The largest absolute Gasteiger partial charge is 2.00 e. The number of ether oxygens (including phenoxy) is 3. The van der Waals surface area contributed by atoms with Crippen molar-refractivity contribution in [1.82, 2.24) is 19.9 Å². The Hall–Kier alpha value is -3.95. The van der Waals surface area contributed by atoms with E-state index in [1.54, 1.807) is 6.20 Å². The second-order valence-electron chi connectivity index (χ2n) is 8.77. The normalized spacial score (nSPS) is 10.9. The molecule has 2 atom stereocenters. The van der Waals surface area contributed by atoms with E-state index in [4.69, 9.17) is 16.2 Å². The summed E-state index contributed by atoms with van der Waals surface area (Å²) in [6.45, 7) is 0.469. The van der Waals surface area contributed by atoms with Crippen molar-refractivity contribution in [2.24, 2.45) is 0 Å². The van der Waals surface area contributed by atoms with Crippen LogP contribution in [0.2, 0.25) is 0 Å². The number of methoxy groups -OCH3 is 2. The monoisotopic (exact) mass is 732 g/mol. The molecular weight excluding hydrogens is 708 g/mol. The Balaban J connectivity index is 0.000000540. The summed E-state index contributed by atoms with van der Waals surface area (Å²) in [5.41, 5.74) is 22.1. The van der Waals surface area contributed by atoms with E-state index < -0.39 is 12.2 Å². The van der Waals surface area contributed by atoms with Gasteiger partial charge in [-0.15, -0.1) is 0 Å². The van der Waals surface area contributed by atoms with Gasteiger partial charge in [-0.1, -0.05) is 30.3 Å². The molecule has 0 saturated heterocycles. The third-order valence-electron chi connectivity index (χ3n) is 6.17. The minimum atomic E-state index is -0.995. The zero-order valence-corrected chi connectivity index (χ0v) is 28.9. The molecule has 17 heteroatoms. The van der Waals surface area contributed by atoms with Gasteiger partial charge in [0.25, 0.3) is 0 Å². The molecular formula is C29H24N6O7P2V2. The molecule has 2 aromatic heterocycles. The summed E-state index contributed by atoms with van der Waals surface area (Å²) in [4.78, 5) is 54.8. The predicted molar refractivity (Wildman–Crippen MR) is 170 cm³/mol. The van der Waals surface area contributed by atoms with E-state index in [1.165, 1.54) is 0 Å². The number of hydrogen-bond acceptors (Lipinski definition) is 9. The maximum atomic E-state index is 10.7. The molecule has 0 fully saturated rings. The van der Waals surface area contributed by atoms with Crippen molar-refractivity contribution in [2.45, 2.75) is 6.61 Å². The molecule has 0 bridgehead atoms. The number of aromatic nitrogens is 4. The minimum absolute atomic E-state index is 0. The van der Waals surface area contributed by atoms with Gasteiger partial charge >= 0.3 is 37.1 Å². The number of imidazole rings is 2. The number of nitrogens with one attached hydrogen (secondary N) is 4. The number of hydrogen-bond donors (Lipinski definition) is 2. The van der Waals surface area contributed by atoms with Crippen molar-refractivity contribution in [3.05, 3.63) is 77.8 Å². The van der Waals surface area contributed by atoms with Gasteiger partial charge in [0.2, 0.25) is 12.2 Å². The van der Waals surface area contributed by atoms with Crippen LogP contribution in [0.4, 0.5) is 9.59 Å². The van der Waals surface area contributed by atoms with Gasteiger partial charge in [0.05, 0.1) is 48.3 Å². The Morgan fingerprint density at radius 3 is 2.07 bits per heavy atom. The van der Waals surface area contributed by atoms with Crippen molar-refractivity contribution in [1.29, 1.82) is 0 Å². The molecule has 4 N–H and O–H groups in total. The quantitative estimate of drug-likeness (QED) is 0.166. The zero-order chi connectivity index (χ0) is 31.6. The topological polar surface area (TPSA) is 201 Å². The van der Waals surface area contributed by atoms with Crippen LogP contribution in [-0.2, 0) is 62.8 Å². The van der Waals surface area contributed by atoms with Gasteiger partial charge in [0.1, 0.15) is 12.4 Å². The minimum Gasteiger partial charge on any atom is -0.632 e. The van der Waals surface area contributed by atoms with Crippen LogP contribution < -0.4 is 15.9 Å². The van der Waals surface area contributed by atoms with Crippen LogP contribution in [0.1, 0.15) is 5.56 Å². The smallest absolute Gasteiger partial charge is 0.632 e. The third kappa shape index (κ3) is 9.77. The summed E-state index contributed by atoms with van der Waals surface area (Å²) in [6.07, 6.45) is -0.252. The maximum Gasteiger partial charge on any atom is 2.00 e. The number of carbonyl (C=O) groups excluding carboxylic acids is 4. The standard InChI is InChI=1S/C25H16N4O3P2.2C2H5NO2.2V/c30-12-33-24-26-10-22(29-24)16-2-4-18-17(7-16)11-32-23-9-15(1-5-19(18)23)14-3-6-20-21(8-14)28-25(27-20)34-13-31;2*1-5-2(3)4;;/h1-10,33-34H,11H2,(H,26,29)(H,27,28);2*1H3,(H2,3,4);;/q-2;;;2*+2/p-2. The van der Waals surface area contributed by atoms with Gasteiger partial charge in [-0.2, -0.15) is 17.2 Å². The summed E-state index contributed by atoms with van der Waals surface area (Å²) < 4.78 is 13.7. The second kappa shape index (κ2) is 18.3. The Morgan fingerprint density at radius 1 is 0.826 bits per heavy atom. The van der Waals surface area contributed by atoms with Crippen LogP contribution in [-0.4, -0.2) is 58.4 Å². The fraction of sp³-hybridized carbons (Fsp3) is 0.103. The Kier molecular flexibility index (Phi) is 15.2. The summed E-state index contributed by atoms with van der Waals surface area (Å²) in [5.74, 6) is 0.840. The van der Waals surface area contributed by atoms with Crippen LogP contribution >= 0.6 is 17.2 Å². The molecule has 2 radical (unpaired) electrons. The molecule has 2 amide bonds. The second-order valence-corrected chi connectivity index (χ2v) is 10.6. The van der Waals surface area contributed by atoms with Gasteiger partial charge in [0, 0.05) is 5.56 Å². The Morgan fingerprint density at radius 2 is 1.41 bits per heavy atom. The zero-order valence-electron chi connectivity index (χ0n) is 24.1. The van der Waals surface area contributed by atoms with E-state index >= 15 is 0 Å². The van der Waals surface area contributed by atoms with Crippen molar-refractivity contribution in [3.8, 4) is 39.3 Å². The molecule has 6 rings (SSSR count). The SMILES string of the molecule is COC([NH-])=O.COC([NH-])=O.O=[C-]Pc1ncc(-c2ccc3c(c2)COc2cc(-c4ccc5nc(P[C-]=O)[nH]c5c4)ccc2-3)[nH]1.[V+2].[V+2]. The van der Waals surface area contributed by atoms with Gasteiger partial charge < -0.3 is 45.2 Å². The average Bonchev–Trinajstić information content (AvgIpc) is 3.67. The van der Waals surface area contributed by atoms with Crippen LogP contribution in [0, 0.1) is 0 Å². The van der Waals surface area contributed by atoms with Crippen LogP contribution in [0.25, 0.3) is 56.0 Å². The first-order chi connectivity index (χ1) is 21.3. The van der Waals surface area contributed by atoms with E-state index in [2.05, 4.69) is 59.7 Å². The van der Waals surface area contributed by atoms with E-state index in [-0.39, 0.29) is 54.3 Å². The molecule has 3 heterocycles. The van der Waals surface area contributed by atoms with Gasteiger partial charge in [-0.3, -0.25) is 9.59 Å². The van der Waals surface area contributed by atoms with Crippen molar-refractivity contribution < 1.29 is 70.5 Å². The molecule has 0 saturated carbocycles. The molecule has 3 aromatic carbocycles. The molecule has 2 unspecified atom stereocenters. The molecule has 1 aliphatic rings. The third-order valence-corrected chi connectivity index (χ3v) is 7.34. The van der Waals surface area contributed by atoms with Crippen molar-refractivity contribution in [3.63, 3.8) is 0 Å². The van der Waals surface area contributed by atoms with Crippen LogP contribution in [0.5, 0.6) is 5.75 Å². The molecule has 1 aliphatic heterocycles. The molecule has 0 spiro atoms. The van der Waals surface area contributed by atoms with Gasteiger partial charge in [-0.25, -0.2) is 22.0 Å². The van der Waals surface area contributed by atoms with Crippen LogP contribution in [0.15, 0.2) is 60.8 Å². The number of nitrogens with zero attached hydrogens (tertiary/aromatic N) is 2. The van der Waals surface area contributed by atoms with Crippen LogP contribution in [0.3, 0.4) is 0 Å². The number of carbonyl (C=O) groups is 2. The molecule has 0 aliphatic carbocycles. The number of aromatic amines is 2. The first-order valence-corrected chi connectivity index (χ1v) is 14.6. The van der Waals surface area contributed by atoms with E-state index in [1.807, 2.05) is 36.3 Å². The summed E-state index contributed by atoms with van der Waals surface area (Å²) in [5, 5.41) is 0. The van der Waals surface area contributed by atoms with E-state index in [0.717, 1.165) is 70.1 Å². The summed E-state index contributed by atoms with van der Waals surface area (Å²) >= 11 is 0. The van der Waals surface area contributed by atoms with E-state index in [0.29, 0.717) is 17.7 Å². The van der Waals surface area contributed by atoms with Crippen molar-refractivity contribution >= 4 is 63.6 Å². The number of rotatable bonds is 6. The fourth-order valence-corrected chi connectivity index (χ4v) is 5.11. The Labute approximate surface area is 290 Å². The first kappa shape index (κ1) is 38.2. The van der Waals surface area contributed by atoms with Crippen molar-refractivity contribution in [2.75, 3.05) is 14.2 Å². The van der Waals surface area contributed by atoms with Gasteiger partial charge in [0.15, 0.2) is 0 Å². The molecule has 46 heavy (non-hydrogen) atoms. The molecule has 5 aromatic rings. The summed E-state index contributed by atoms with van der Waals surface area (Å²) in [6, 6.07) is 22.3. The average molecular weight is 732 g/mol. The predicted octanol–water partition coefficient (Wildman–Crippen LogP) is 5.53. The summed E-state index contributed by atoms with van der Waals surface area (Å²) in [7, 11) is 2.12. The van der Waals surface area contributed by atoms with E-state index in [9.17, 15) is 19.2 Å². The maximum absolute atomic E-state index is 10.7. The number of H-pyrrole nitrogens is 2. The number of fused-ring (bicyclic) bond motifs is 4. The molecule has 13 nitrogen and oxygen atoms in total. The molecule has 232 valence electrons. The first-order valence-electron chi connectivity index (χ1n) is 12.6. The number of benzene rings is 3. The number of amides is 2.